The molecule has 7 heteroatoms. The number of carbonyl (C=O) groups excluding carboxylic acids is 1. The molecule has 0 aromatic heterocycles. The summed E-state index contributed by atoms with van der Waals surface area (Å²) >= 11 is 0. The Bertz CT molecular complexity index is 1240. The number of para-hydroxylation sites is 1. The fourth-order valence-corrected chi connectivity index (χ4v) is 5.25. The number of amides is 1. The normalized spacial score (nSPS) is 14.9. The van der Waals surface area contributed by atoms with Gasteiger partial charge in [0, 0.05) is 39.8 Å². The summed E-state index contributed by atoms with van der Waals surface area (Å²) in [7, 11) is -2.28. The maximum atomic E-state index is 13.4. The van der Waals surface area contributed by atoms with Gasteiger partial charge in [0.2, 0.25) is 0 Å². The van der Waals surface area contributed by atoms with Gasteiger partial charge in [0.1, 0.15) is 0 Å². The first-order chi connectivity index (χ1) is 16.5. The van der Waals surface area contributed by atoms with Gasteiger partial charge in [-0.25, -0.2) is 8.42 Å². The zero-order valence-corrected chi connectivity index (χ0v) is 20.1. The van der Waals surface area contributed by atoms with E-state index in [-0.39, 0.29) is 10.8 Å². The summed E-state index contributed by atoms with van der Waals surface area (Å²) in [6.07, 6.45) is 4.25. The Kier molecular flexibility index (Phi) is 7.45. The topological polar surface area (TPSA) is 60.9 Å². The lowest BCUT2D eigenvalue weighted by Gasteiger charge is -2.35. The van der Waals surface area contributed by atoms with E-state index in [1.807, 2.05) is 18.2 Å². The minimum Gasteiger partial charge on any atom is -0.336 e. The van der Waals surface area contributed by atoms with Crippen molar-refractivity contribution in [3.05, 3.63) is 102 Å². The molecular formula is C27H29N3O3S. The van der Waals surface area contributed by atoms with Gasteiger partial charge in [-0.1, -0.05) is 72.8 Å². The van der Waals surface area contributed by atoms with Gasteiger partial charge in [-0.05, 0) is 29.8 Å². The summed E-state index contributed by atoms with van der Waals surface area (Å²) < 4.78 is 27.4. The van der Waals surface area contributed by atoms with E-state index >= 15 is 0 Å². The third-order valence-corrected chi connectivity index (χ3v) is 7.79. The standard InChI is InChI=1S/C27H29N3O3S/c1-28(34(32,33)24-14-6-3-7-15-24)26-17-9-8-16-25(26)27(31)30-21-19-29(20-22-30)18-10-13-23-11-4-2-5-12-23/h2-17H,18-22H2,1H3/b13-10+. The molecule has 0 aliphatic carbocycles. The molecule has 3 aromatic rings. The van der Waals surface area contributed by atoms with Crippen LogP contribution in [0.2, 0.25) is 0 Å². The van der Waals surface area contributed by atoms with Crippen LogP contribution in [0.5, 0.6) is 0 Å². The average molecular weight is 476 g/mol. The van der Waals surface area contributed by atoms with E-state index in [9.17, 15) is 13.2 Å². The molecule has 0 N–H and O–H groups in total. The van der Waals surface area contributed by atoms with Gasteiger partial charge in [0.15, 0.2) is 0 Å². The van der Waals surface area contributed by atoms with Gasteiger partial charge in [-0.3, -0.25) is 14.0 Å². The molecule has 176 valence electrons. The zero-order valence-electron chi connectivity index (χ0n) is 19.2. The second kappa shape index (κ2) is 10.7. The third kappa shape index (κ3) is 5.38. The quantitative estimate of drug-likeness (QED) is 0.519. The smallest absolute Gasteiger partial charge is 0.264 e. The van der Waals surface area contributed by atoms with Crippen molar-refractivity contribution in [1.29, 1.82) is 0 Å². The van der Waals surface area contributed by atoms with Crippen LogP contribution >= 0.6 is 0 Å². The van der Waals surface area contributed by atoms with Crippen molar-refractivity contribution in [1.82, 2.24) is 9.80 Å². The molecule has 6 nitrogen and oxygen atoms in total. The Hall–Kier alpha value is -3.42. The van der Waals surface area contributed by atoms with Crippen LogP contribution in [-0.4, -0.2) is 63.9 Å². The molecule has 0 saturated carbocycles. The Morgan fingerprint density at radius 2 is 1.44 bits per heavy atom. The third-order valence-electron chi connectivity index (χ3n) is 6.01. The summed E-state index contributed by atoms with van der Waals surface area (Å²) in [5.74, 6) is -0.148. The summed E-state index contributed by atoms with van der Waals surface area (Å²) in [5, 5.41) is 0. The summed E-state index contributed by atoms with van der Waals surface area (Å²) in [6, 6.07) is 25.3. The fourth-order valence-electron chi connectivity index (χ4n) is 4.02. The number of benzene rings is 3. The van der Waals surface area contributed by atoms with Crippen molar-refractivity contribution in [2.24, 2.45) is 0 Å². The van der Waals surface area contributed by atoms with E-state index in [1.54, 1.807) is 59.5 Å². The molecule has 0 radical (unpaired) electrons. The molecule has 1 amide bonds. The van der Waals surface area contributed by atoms with Crippen LogP contribution in [0.4, 0.5) is 5.69 Å². The molecule has 0 spiro atoms. The minimum atomic E-state index is -3.77. The molecule has 1 heterocycles. The summed E-state index contributed by atoms with van der Waals surface area (Å²) in [6.45, 7) is 3.56. The van der Waals surface area contributed by atoms with E-state index in [0.29, 0.717) is 24.3 Å². The average Bonchev–Trinajstić information content (AvgIpc) is 2.89. The number of hydrogen-bond acceptors (Lipinski definition) is 4. The monoisotopic (exact) mass is 475 g/mol. The van der Waals surface area contributed by atoms with Gasteiger partial charge in [-0.15, -0.1) is 0 Å². The van der Waals surface area contributed by atoms with E-state index in [4.69, 9.17) is 0 Å². The lowest BCUT2D eigenvalue weighted by atomic mass is 10.1. The van der Waals surface area contributed by atoms with E-state index in [1.165, 1.54) is 16.9 Å². The predicted octanol–water partition coefficient (Wildman–Crippen LogP) is 3.98. The predicted molar refractivity (Wildman–Crippen MR) is 136 cm³/mol. The van der Waals surface area contributed by atoms with Crippen molar-refractivity contribution in [2.75, 3.05) is 44.1 Å². The molecule has 1 aliphatic rings. The van der Waals surface area contributed by atoms with Crippen LogP contribution in [0, 0.1) is 0 Å². The Morgan fingerprint density at radius 1 is 0.853 bits per heavy atom. The lowest BCUT2D eigenvalue weighted by Crippen LogP contribution is -2.48. The van der Waals surface area contributed by atoms with Crippen LogP contribution in [0.25, 0.3) is 6.08 Å². The highest BCUT2D eigenvalue weighted by atomic mass is 32.2. The number of anilines is 1. The SMILES string of the molecule is CN(c1ccccc1C(=O)N1CCN(C/C=C/c2ccccc2)CC1)S(=O)(=O)c1ccccc1. The van der Waals surface area contributed by atoms with Gasteiger partial charge in [0.05, 0.1) is 16.1 Å². The van der Waals surface area contributed by atoms with Crippen molar-refractivity contribution in [3.63, 3.8) is 0 Å². The van der Waals surface area contributed by atoms with E-state index in [0.717, 1.165) is 19.6 Å². The lowest BCUT2D eigenvalue weighted by molar-refractivity contribution is 0.0651. The van der Waals surface area contributed by atoms with Crippen molar-refractivity contribution in [3.8, 4) is 0 Å². The molecule has 3 aromatic carbocycles. The Morgan fingerprint density at radius 3 is 2.12 bits per heavy atom. The van der Waals surface area contributed by atoms with Crippen LogP contribution in [0.15, 0.2) is 95.9 Å². The van der Waals surface area contributed by atoms with Crippen molar-refractivity contribution in [2.45, 2.75) is 4.90 Å². The van der Waals surface area contributed by atoms with Crippen molar-refractivity contribution < 1.29 is 13.2 Å². The second-order valence-electron chi connectivity index (χ2n) is 8.21. The second-order valence-corrected chi connectivity index (χ2v) is 10.2. The van der Waals surface area contributed by atoms with Gasteiger partial charge in [-0.2, -0.15) is 0 Å². The van der Waals surface area contributed by atoms with Gasteiger partial charge in [0.25, 0.3) is 15.9 Å². The van der Waals surface area contributed by atoms with E-state index < -0.39 is 10.0 Å². The number of rotatable bonds is 7. The van der Waals surface area contributed by atoms with Crippen molar-refractivity contribution >= 4 is 27.7 Å². The molecule has 1 saturated heterocycles. The fraction of sp³-hybridized carbons (Fsp3) is 0.222. The van der Waals surface area contributed by atoms with Crippen LogP contribution in [-0.2, 0) is 10.0 Å². The molecule has 4 rings (SSSR count). The van der Waals surface area contributed by atoms with Gasteiger partial charge >= 0.3 is 0 Å². The first-order valence-electron chi connectivity index (χ1n) is 11.3. The Balaban J connectivity index is 1.42. The maximum Gasteiger partial charge on any atom is 0.264 e. The van der Waals surface area contributed by atoms with E-state index in [2.05, 4.69) is 29.2 Å². The molecule has 0 unspecified atom stereocenters. The minimum absolute atomic E-state index is 0.148. The molecular weight excluding hydrogens is 446 g/mol. The summed E-state index contributed by atoms with van der Waals surface area (Å²) in [5.41, 5.74) is 1.94. The number of piperazine rings is 1. The molecule has 1 fully saturated rings. The highest BCUT2D eigenvalue weighted by Crippen LogP contribution is 2.27. The summed E-state index contributed by atoms with van der Waals surface area (Å²) in [4.78, 5) is 17.7. The Labute approximate surface area is 201 Å². The first-order valence-corrected chi connectivity index (χ1v) is 12.8. The van der Waals surface area contributed by atoms with Gasteiger partial charge < -0.3 is 4.90 Å². The number of carbonyl (C=O) groups is 1. The first kappa shape index (κ1) is 23.7. The largest absolute Gasteiger partial charge is 0.336 e. The number of nitrogens with zero attached hydrogens (tertiary/aromatic N) is 3. The van der Waals surface area contributed by atoms with Crippen LogP contribution < -0.4 is 4.31 Å². The molecule has 0 bridgehead atoms. The maximum absolute atomic E-state index is 13.4. The van der Waals surface area contributed by atoms with Crippen LogP contribution in [0.3, 0.4) is 0 Å². The van der Waals surface area contributed by atoms with Crippen LogP contribution in [0.1, 0.15) is 15.9 Å². The molecule has 34 heavy (non-hydrogen) atoms. The highest BCUT2D eigenvalue weighted by molar-refractivity contribution is 7.92. The zero-order chi connectivity index (χ0) is 24.0. The number of hydrogen-bond donors (Lipinski definition) is 0. The molecule has 0 atom stereocenters. The number of sulfonamides is 1. The highest BCUT2D eigenvalue weighted by Gasteiger charge is 2.28. The molecule has 1 aliphatic heterocycles.